The number of rotatable bonds is 2. The Morgan fingerprint density at radius 3 is 2.37 bits per heavy atom. The Hall–Kier alpha value is -0.860. The summed E-state index contributed by atoms with van der Waals surface area (Å²) in [5.74, 6) is 1.17. The Labute approximate surface area is 117 Å². The number of nitrogens with two attached hydrogens (primary N) is 1. The molecule has 1 heterocycles. The summed E-state index contributed by atoms with van der Waals surface area (Å²) in [6.45, 7) is 10.9. The first-order valence-electron chi connectivity index (χ1n) is 7.45. The minimum absolute atomic E-state index is 0.229. The third kappa shape index (κ3) is 3.37. The van der Waals surface area contributed by atoms with E-state index in [1.165, 1.54) is 17.5 Å². The number of piperidine rings is 1. The Morgan fingerprint density at radius 2 is 1.84 bits per heavy atom. The lowest BCUT2D eigenvalue weighted by Gasteiger charge is -2.35. The van der Waals surface area contributed by atoms with E-state index in [4.69, 9.17) is 5.73 Å². The molecule has 0 radical (unpaired) electrons. The summed E-state index contributed by atoms with van der Waals surface area (Å²) in [5, 5.41) is 3.54. The van der Waals surface area contributed by atoms with Gasteiger partial charge in [0.25, 0.3) is 0 Å². The number of benzene rings is 1. The molecule has 3 unspecified atom stereocenters. The molecule has 0 aliphatic carbocycles. The number of hydrogen-bond donors (Lipinski definition) is 2. The molecule has 1 saturated heterocycles. The van der Waals surface area contributed by atoms with Crippen molar-refractivity contribution in [3.63, 3.8) is 0 Å². The Balaban J connectivity index is 2.20. The molecule has 1 aliphatic heterocycles. The maximum absolute atomic E-state index is 5.94. The van der Waals surface area contributed by atoms with E-state index in [9.17, 15) is 0 Å². The van der Waals surface area contributed by atoms with Gasteiger partial charge in [0.1, 0.15) is 0 Å². The molecule has 1 aliphatic rings. The monoisotopic (exact) mass is 260 g/mol. The van der Waals surface area contributed by atoms with Crippen molar-refractivity contribution in [1.29, 1.82) is 0 Å². The Kier molecular flexibility index (Phi) is 4.32. The van der Waals surface area contributed by atoms with Gasteiger partial charge in [-0.3, -0.25) is 0 Å². The van der Waals surface area contributed by atoms with Gasteiger partial charge in [0.15, 0.2) is 0 Å². The first-order valence-corrected chi connectivity index (χ1v) is 7.45. The highest BCUT2D eigenvalue weighted by atomic mass is 14.9. The fourth-order valence-corrected chi connectivity index (χ4v) is 3.04. The summed E-state index contributed by atoms with van der Waals surface area (Å²) in [4.78, 5) is 0. The molecule has 3 atom stereocenters. The second-order valence-electron chi connectivity index (χ2n) is 7.02. The second kappa shape index (κ2) is 5.64. The summed E-state index contributed by atoms with van der Waals surface area (Å²) in [6.07, 6.45) is 1.19. The number of hydrogen-bond acceptors (Lipinski definition) is 2. The van der Waals surface area contributed by atoms with Gasteiger partial charge in [0.2, 0.25) is 0 Å². The zero-order chi connectivity index (χ0) is 14.0. The van der Waals surface area contributed by atoms with Crippen LogP contribution in [0.5, 0.6) is 0 Å². The molecule has 2 rings (SSSR count). The molecular weight excluding hydrogens is 232 g/mol. The predicted molar refractivity (Wildman–Crippen MR) is 82.5 cm³/mol. The Bertz CT molecular complexity index is 402. The summed E-state index contributed by atoms with van der Waals surface area (Å²) in [6, 6.07) is 9.79. The fourth-order valence-electron chi connectivity index (χ4n) is 3.04. The molecule has 0 aromatic heterocycles. The lowest BCUT2D eigenvalue weighted by Crippen LogP contribution is -2.44. The van der Waals surface area contributed by atoms with E-state index in [0.717, 1.165) is 13.1 Å². The van der Waals surface area contributed by atoms with E-state index in [1.807, 2.05) is 0 Å². The van der Waals surface area contributed by atoms with E-state index in [1.54, 1.807) is 0 Å². The van der Waals surface area contributed by atoms with E-state index >= 15 is 0 Å². The molecule has 19 heavy (non-hydrogen) atoms. The van der Waals surface area contributed by atoms with Crippen LogP contribution in [0.2, 0.25) is 0 Å². The summed E-state index contributed by atoms with van der Waals surface area (Å²) in [5.41, 5.74) is 9.03. The maximum atomic E-state index is 5.94. The Morgan fingerprint density at radius 1 is 1.21 bits per heavy atom. The van der Waals surface area contributed by atoms with E-state index in [-0.39, 0.29) is 5.41 Å². The smallest absolute Gasteiger partial charge is 0.00447 e. The molecule has 2 nitrogen and oxygen atoms in total. The van der Waals surface area contributed by atoms with Crippen molar-refractivity contribution in [1.82, 2.24) is 5.32 Å². The van der Waals surface area contributed by atoms with Crippen LogP contribution in [0.15, 0.2) is 24.3 Å². The van der Waals surface area contributed by atoms with Gasteiger partial charge in [-0.05, 0) is 54.8 Å². The summed E-state index contributed by atoms with van der Waals surface area (Å²) in [7, 11) is 0. The van der Waals surface area contributed by atoms with Crippen molar-refractivity contribution in [2.75, 3.05) is 13.1 Å². The largest absolute Gasteiger partial charge is 0.330 e. The average Bonchev–Trinajstić information content (AvgIpc) is 2.38. The first kappa shape index (κ1) is 14.5. The highest BCUT2D eigenvalue weighted by Gasteiger charge is 2.28. The van der Waals surface area contributed by atoms with Crippen LogP contribution in [0.25, 0.3) is 0 Å². The van der Waals surface area contributed by atoms with Crippen molar-refractivity contribution in [2.24, 2.45) is 11.7 Å². The van der Waals surface area contributed by atoms with Crippen LogP contribution >= 0.6 is 0 Å². The van der Waals surface area contributed by atoms with Gasteiger partial charge in [-0.25, -0.2) is 0 Å². The number of nitrogens with one attached hydrogen (secondary N) is 1. The van der Waals surface area contributed by atoms with E-state index in [2.05, 4.69) is 57.3 Å². The zero-order valence-corrected chi connectivity index (χ0v) is 12.7. The minimum atomic E-state index is 0.229. The summed E-state index contributed by atoms with van der Waals surface area (Å²) >= 11 is 0. The third-order valence-corrected chi connectivity index (χ3v) is 4.41. The molecule has 0 amide bonds. The van der Waals surface area contributed by atoms with Crippen molar-refractivity contribution in [3.8, 4) is 0 Å². The van der Waals surface area contributed by atoms with Crippen LogP contribution in [0.1, 0.15) is 51.2 Å². The van der Waals surface area contributed by atoms with E-state index < -0.39 is 0 Å². The summed E-state index contributed by atoms with van der Waals surface area (Å²) < 4.78 is 0. The van der Waals surface area contributed by atoms with Crippen LogP contribution in [-0.2, 0) is 5.41 Å². The highest BCUT2D eigenvalue weighted by Crippen LogP contribution is 2.33. The maximum Gasteiger partial charge on any atom is 0.00447 e. The highest BCUT2D eigenvalue weighted by molar-refractivity contribution is 5.30. The normalized spacial score (nSPS) is 28.4. The van der Waals surface area contributed by atoms with Crippen molar-refractivity contribution in [2.45, 2.75) is 51.5 Å². The zero-order valence-electron chi connectivity index (χ0n) is 12.7. The first-order chi connectivity index (χ1) is 8.91. The molecular formula is C17H28N2. The van der Waals surface area contributed by atoms with Crippen LogP contribution in [0.4, 0.5) is 0 Å². The van der Waals surface area contributed by atoms with Crippen LogP contribution in [0, 0.1) is 5.92 Å². The van der Waals surface area contributed by atoms with E-state index in [0.29, 0.717) is 17.9 Å². The minimum Gasteiger partial charge on any atom is -0.330 e. The van der Waals surface area contributed by atoms with Crippen LogP contribution < -0.4 is 11.1 Å². The molecule has 0 bridgehead atoms. The molecule has 2 heteroatoms. The lowest BCUT2D eigenvalue weighted by molar-refractivity contribution is 0.285. The predicted octanol–water partition coefficient (Wildman–Crippen LogP) is 3.02. The molecule has 106 valence electrons. The van der Waals surface area contributed by atoms with Gasteiger partial charge in [0, 0.05) is 6.04 Å². The van der Waals surface area contributed by atoms with Crippen molar-refractivity contribution in [3.05, 3.63) is 35.4 Å². The van der Waals surface area contributed by atoms with Gasteiger partial charge in [-0.2, -0.15) is 0 Å². The average molecular weight is 260 g/mol. The molecule has 3 N–H and O–H groups in total. The van der Waals surface area contributed by atoms with Gasteiger partial charge < -0.3 is 11.1 Å². The van der Waals surface area contributed by atoms with Gasteiger partial charge in [-0.1, -0.05) is 45.0 Å². The molecule has 0 saturated carbocycles. The molecule has 0 spiro atoms. The molecule has 1 fully saturated rings. The second-order valence-corrected chi connectivity index (χ2v) is 7.02. The quantitative estimate of drug-likeness (QED) is 0.858. The van der Waals surface area contributed by atoms with Crippen LogP contribution in [0.3, 0.4) is 0 Å². The van der Waals surface area contributed by atoms with Gasteiger partial charge in [0.05, 0.1) is 0 Å². The fraction of sp³-hybridized carbons (Fsp3) is 0.647. The standard InChI is InChI=1S/C17H28N2/c1-12-9-16(14(10-18)11-19-12)13-5-7-15(8-6-13)17(2,3)4/h5-8,12,14,16,19H,9-11,18H2,1-4H3. The topological polar surface area (TPSA) is 38.0 Å². The SMILES string of the molecule is CC1CC(c2ccc(C(C)(C)C)cc2)C(CN)CN1. The van der Waals surface area contributed by atoms with Gasteiger partial charge >= 0.3 is 0 Å². The van der Waals surface area contributed by atoms with Gasteiger partial charge in [-0.15, -0.1) is 0 Å². The molecule has 1 aromatic rings. The lowest BCUT2D eigenvalue weighted by atomic mass is 9.77. The van der Waals surface area contributed by atoms with Crippen molar-refractivity contribution < 1.29 is 0 Å². The van der Waals surface area contributed by atoms with Crippen LogP contribution in [-0.4, -0.2) is 19.1 Å². The third-order valence-electron chi connectivity index (χ3n) is 4.41. The molecule has 1 aromatic carbocycles. The van der Waals surface area contributed by atoms with Crippen molar-refractivity contribution >= 4 is 0 Å².